The van der Waals surface area contributed by atoms with Crippen molar-refractivity contribution in [2.24, 2.45) is 5.92 Å². The Morgan fingerprint density at radius 2 is 2.04 bits per heavy atom. The smallest absolute Gasteiger partial charge is 0.228 e. The third-order valence-corrected chi connectivity index (χ3v) is 6.85. The van der Waals surface area contributed by atoms with Crippen molar-refractivity contribution in [2.75, 3.05) is 11.9 Å². The van der Waals surface area contributed by atoms with Gasteiger partial charge in [0.15, 0.2) is 5.11 Å². The molecule has 2 saturated heterocycles. The number of anilines is 1. The number of pyridine rings is 1. The molecule has 1 amide bonds. The summed E-state index contributed by atoms with van der Waals surface area (Å²) in [6, 6.07) is 5.23. The van der Waals surface area contributed by atoms with Crippen molar-refractivity contribution in [3.8, 4) is 0 Å². The quantitative estimate of drug-likeness (QED) is 0.689. The highest BCUT2D eigenvalue weighted by Gasteiger charge is 2.42. The van der Waals surface area contributed by atoms with Gasteiger partial charge in [0.05, 0.1) is 0 Å². The van der Waals surface area contributed by atoms with Crippen molar-refractivity contribution < 1.29 is 4.79 Å². The molecule has 28 heavy (non-hydrogen) atoms. The molecule has 0 aromatic carbocycles. The van der Waals surface area contributed by atoms with Crippen molar-refractivity contribution in [1.82, 2.24) is 20.2 Å². The lowest BCUT2D eigenvalue weighted by atomic mass is 9.84. The molecule has 0 radical (unpaired) electrons. The summed E-state index contributed by atoms with van der Waals surface area (Å²) in [5, 5.41) is 8.46. The number of aromatic amines is 1. The number of piperidine rings is 1. The summed E-state index contributed by atoms with van der Waals surface area (Å²) in [4.78, 5) is 22.6. The van der Waals surface area contributed by atoms with Gasteiger partial charge in [-0.3, -0.25) is 4.79 Å². The molecular formula is C21H27N5OS. The monoisotopic (exact) mass is 397 g/mol. The van der Waals surface area contributed by atoms with E-state index in [1.807, 2.05) is 6.20 Å². The second-order valence-electron chi connectivity index (χ2n) is 8.40. The molecule has 3 aliphatic rings. The minimum Gasteiger partial charge on any atom is -0.363 e. The number of hydrogen-bond donors (Lipinski definition) is 3. The van der Waals surface area contributed by atoms with Crippen LogP contribution in [-0.2, 0) is 4.79 Å². The van der Waals surface area contributed by atoms with E-state index >= 15 is 0 Å². The Balaban J connectivity index is 1.42. The van der Waals surface area contributed by atoms with Gasteiger partial charge in [0.2, 0.25) is 5.91 Å². The molecule has 3 N–H and O–H groups in total. The first-order valence-electron chi connectivity index (χ1n) is 10.5. The first-order valence-corrected chi connectivity index (χ1v) is 10.9. The lowest BCUT2D eigenvalue weighted by Crippen LogP contribution is -2.50. The third kappa shape index (κ3) is 3.15. The number of nitrogens with one attached hydrogen (secondary N) is 3. The van der Waals surface area contributed by atoms with E-state index in [1.165, 1.54) is 23.8 Å². The van der Waals surface area contributed by atoms with Crippen molar-refractivity contribution in [3.63, 3.8) is 0 Å². The maximum absolute atomic E-state index is 12.2. The van der Waals surface area contributed by atoms with E-state index in [4.69, 9.17) is 12.2 Å². The highest BCUT2D eigenvalue weighted by atomic mass is 32.1. The zero-order valence-corrected chi connectivity index (χ0v) is 17.0. The number of aromatic nitrogens is 2. The van der Waals surface area contributed by atoms with E-state index in [1.54, 1.807) is 0 Å². The number of carbonyl (C=O) groups is 1. The van der Waals surface area contributed by atoms with E-state index in [-0.39, 0.29) is 11.8 Å². The van der Waals surface area contributed by atoms with Crippen LogP contribution in [0, 0.1) is 5.92 Å². The number of hydrogen-bond acceptors (Lipinski definition) is 3. The summed E-state index contributed by atoms with van der Waals surface area (Å²) < 4.78 is 0. The molecule has 1 aliphatic carbocycles. The first-order chi connectivity index (χ1) is 13.6. The SMILES string of the molecule is CCNC(=S)N1C2CCC1CC(c1cc(NC(=O)C3CC3)nc3[nH]ccc13)C2. The predicted octanol–water partition coefficient (Wildman–Crippen LogP) is 3.52. The van der Waals surface area contributed by atoms with Gasteiger partial charge in [0.1, 0.15) is 11.5 Å². The van der Waals surface area contributed by atoms with Gasteiger partial charge in [0.25, 0.3) is 0 Å². The maximum atomic E-state index is 12.2. The average molecular weight is 398 g/mol. The summed E-state index contributed by atoms with van der Waals surface area (Å²) in [7, 11) is 0. The Labute approximate surface area is 170 Å². The molecule has 3 fully saturated rings. The van der Waals surface area contributed by atoms with Crippen LogP contribution >= 0.6 is 12.2 Å². The minimum absolute atomic E-state index is 0.107. The van der Waals surface area contributed by atoms with Crippen LogP contribution < -0.4 is 10.6 Å². The van der Waals surface area contributed by atoms with Gasteiger partial charge in [0, 0.05) is 36.1 Å². The second kappa shape index (κ2) is 7.03. The molecule has 5 rings (SSSR count). The minimum atomic E-state index is 0.107. The molecule has 2 unspecified atom stereocenters. The fourth-order valence-electron chi connectivity index (χ4n) is 5.04. The number of carbonyl (C=O) groups excluding carboxylic acids is 1. The van der Waals surface area contributed by atoms with Gasteiger partial charge in [-0.15, -0.1) is 0 Å². The normalized spacial score (nSPS) is 26.5. The van der Waals surface area contributed by atoms with Crippen LogP contribution in [0.4, 0.5) is 5.82 Å². The van der Waals surface area contributed by atoms with Crippen molar-refractivity contribution in [2.45, 2.75) is 63.5 Å². The lowest BCUT2D eigenvalue weighted by molar-refractivity contribution is -0.117. The van der Waals surface area contributed by atoms with Gasteiger partial charge in [-0.2, -0.15) is 0 Å². The van der Waals surface area contributed by atoms with Gasteiger partial charge >= 0.3 is 0 Å². The number of thiocarbonyl (C=S) groups is 1. The summed E-state index contributed by atoms with van der Waals surface area (Å²) in [6.07, 6.45) is 8.55. The Morgan fingerprint density at radius 1 is 1.29 bits per heavy atom. The van der Waals surface area contributed by atoms with Crippen molar-refractivity contribution >= 4 is 40.1 Å². The molecular weight excluding hydrogens is 370 g/mol. The van der Waals surface area contributed by atoms with Crippen LogP contribution in [0.1, 0.15) is 56.9 Å². The fourth-order valence-corrected chi connectivity index (χ4v) is 5.49. The molecule has 6 nitrogen and oxygen atoms in total. The third-order valence-electron chi connectivity index (χ3n) is 6.50. The fraction of sp³-hybridized carbons (Fsp3) is 0.571. The zero-order valence-electron chi connectivity index (χ0n) is 16.2. The van der Waals surface area contributed by atoms with Crippen LogP contribution in [-0.4, -0.2) is 44.5 Å². The summed E-state index contributed by atoms with van der Waals surface area (Å²) in [5.74, 6) is 1.43. The van der Waals surface area contributed by atoms with Crippen LogP contribution in [0.3, 0.4) is 0 Å². The standard InChI is InChI=1S/C21H27N5OS/c1-2-22-21(28)26-14-5-6-15(26)10-13(9-14)17-11-18(25-20(27)12-3-4-12)24-19-16(17)7-8-23-19/h7-8,11-15H,2-6,9-10H2,1H3,(H,22,28)(H2,23,24,25,27). The average Bonchev–Trinajstić information content (AvgIpc) is 3.37. The first kappa shape index (κ1) is 17.9. The molecule has 2 bridgehead atoms. The Hall–Kier alpha value is -2.15. The van der Waals surface area contributed by atoms with Gasteiger partial charge in [-0.05, 0) is 81.3 Å². The van der Waals surface area contributed by atoms with Crippen LogP contribution in [0.5, 0.6) is 0 Å². The van der Waals surface area contributed by atoms with Crippen molar-refractivity contribution in [1.29, 1.82) is 0 Å². The molecule has 2 aliphatic heterocycles. The maximum Gasteiger partial charge on any atom is 0.228 e. The summed E-state index contributed by atoms with van der Waals surface area (Å²) >= 11 is 5.64. The number of nitrogens with zero attached hydrogens (tertiary/aromatic N) is 2. The van der Waals surface area contributed by atoms with Crippen LogP contribution in [0.15, 0.2) is 18.3 Å². The largest absolute Gasteiger partial charge is 0.363 e. The molecule has 2 atom stereocenters. The topological polar surface area (TPSA) is 73.0 Å². The van der Waals surface area contributed by atoms with Crippen LogP contribution in [0.25, 0.3) is 11.0 Å². The molecule has 1 saturated carbocycles. The van der Waals surface area contributed by atoms with E-state index in [9.17, 15) is 4.79 Å². The second-order valence-corrected chi connectivity index (χ2v) is 8.78. The summed E-state index contributed by atoms with van der Waals surface area (Å²) in [6.45, 7) is 2.97. The molecule has 2 aromatic heterocycles. The number of amides is 1. The highest BCUT2D eigenvalue weighted by molar-refractivity contribution is 7.80. The number of rotatable bonds is 4. The Bertz CT molecular complexity index is 907. The lowest BCUT2D eigenvalue weighted by Gasteiger charge is -2.41. The summed E-state index contributed by atoms with van der Waals surface area (Å²) in [5.41, 5.74) is 2.17. The Kier molecular flexibility index (Phi) is 4.50. The molecule has 4 heterocycles. The van der Waals surface area contributed by atoms with Gasteiger partial charge < -0.3 is 20.5 Å². The Morgan fingerprint density at radius 3 is 2.71 bits per heavy atom. The van der Waals surface area contributed by atoms with Crippen molar-refractivity contribution in [3.05, 3.63) is 23.9 Å². The van der Waals surface area contributed by atoms with E-state index in [2.05, 4.69) is 44.6 Å². The van der Waals surface area contributed by atoms with Gasteiger partial charge in [-0.25, -0.2) is 4.98 Å². The van der Waals surface area contributed by atoms with E-state index in [0.717, 1.165) is 43.0 Å². The molecule has 7 heteroatoms. The molecule has 0 spiro atoms. The number of H-pyrrole nitrogens is 1. The van der Waals surface area contributed by atoms with E-state index in [0.29, 0.717) is 23.8 Å². The molecule has 148 valence electrons. The predicted molar refractivity (Wildman–Crippen MR) is 114 cm³/mol. The van der Waals surface area contributed by atoms with Crippen LogP contribution in [0.2, 0.25) is 0 Å². The van der Waals surface area contributed by atoms with E-state index < -0.39 is 0 Å². The molecule has 2 aromatic rings. The van der Waals surface area contributed by atoms with Gasteiger partial charge in [-0.1, -0.05) is 0 Å². The highest BCUT2D eigenvalue weighted by Crippen LogP contribution is 2.45. The zero-order chi connectivity index (χ0) is 19.3. The number of fused-ring (bicyclic) bond motifs is 3.